The second-order valence-corrected chi connectivity index (χ2v) is 5.54. The molecule has 0 radical (unpaired) electrons. The number of hydrogen-bond acceptors (Lipinski definition) is 2. The van der Waals surface area contributed by atoms with Gasteiger partial charge >= 0.3 is 0 Å². The van der Waals surface area contributed by atoms with E-state index in [4.69, 9.17) is 0 Å². The lowest BCUT2D eigenvalue weighted by molar-refractivity contribution is -0.127. The summed E-state index contributed by atoms with van der Waals surface area (Å²) in [5, 5.41) is 2.97. The Kier molecular flexibility index (Phi) is 2.00. The molecule has 16 heavy (non-hydrogen) atoms. The second-order valence-electron chi connectivity index (χ2n) is 5.54. The molecule has 1 aliphatic heterocycles. The maximum absolute atomic E-state index is 12.0. The summed E-state index contributed by atoms with van der Waals surface area (Å²) in [6.45, 7) is 2.11. The molecular weight excluding hydrogens is 202 g/mol. The molecule has 3 nitrogen and oxygen atoms in total. The van der Waals surface area contributed by atoms with Crippen LogP contribution >= 0.6 is 0 Å². The maximum atomic E-state index is 12.0. The van der Waals surface area contributed by atoms with E-state index in [1.807, 2.05) is 0 Å². The molecule has 1 saturated carbocycles. The molecule has 2 fully saturated rings. The van der Waals surface area contributed by atoms with Crippen molar-refractivity contribution in [2.24, 2.45) is 17.3 Å². The minimum atomic E-state index is -0.143. The molecule has 0 spiro atoms. The number of carbonyl (C=O) groups excluding carboxylic acids is 2. The van der Waals surface area contributed by atoms with Gasteiger partial charge in [0.1, 0.15) is 5.78 Å². The minimum Gasteiger partial charge on any atom is -0.330 e. The lowest BCUT2D eigenvalue weighted by Gasteiger charge is -2.42. The Morgan fingerprint density at radius 3 is 2.94 bits per heavy atom. The van der Waals surface area contributed by atoms with Gasteiger partial charge in [-0.2, -0.15) is 0 Å². The number of fused-ring (bicyclic) bond motifs is 3. The number of hydrogen-bond donors (Lipinski definition) is 1. The Bertz CT molecular complexity index is 399. The van der Waals surface area contributed by atoms with E-state index in [1.165, 1.54) is 0 Å². The third-order valence-corrected chi connectivity index (χ3v) is 4.74. The van der Waals surface area contributed by atoms with Gasteiger partial charge in [-0.1, -0.05) is 13.0 Å². The van der Waals surface area contributed by atoms with E-state index < -0.39 is 0 Å². The number of nitrogens with one attached hydrogen (secondary N) is 1. The molecule has 0 unspecified atom stereocenters. The highest BCUT2D eigenvalue weighted by molar-refractivity contribution is 5.88. The average Bonchev–Trinajstić information content (AvgIpc) is 2.56. The van der Waals surface area contributed by atoms with Gasteiger partial charge in [-0.3, -0.25) is 9.59 Å². The fourth-order valence-corrected chi connectivity index (χ4v) is 3.71. The number of Topliss-reactive ketones (excluding diaryl/α,β-unsaturated/α-hetero) is 1. The van der Waals surface area contributed by atoms with Crippen LogP contribution < -0.4 is 5.32 Å². The Hall–Kier alpha value is -1.12. The van der Waals surface area contributed by atoms with Crippen molar-refractivity contribution < 1.29 is 9.59 Å². The van der Waals surface area contributed by atoms with Crippen LogP contribution in [0, 0.1) is 17.3 Å². The standard InChI is InChI=1S/C13H17NO2/c1-13-7-6-10-8(2-5-12(16)14-10)9(13)3-4-11(13)15/h6,8-9H,2-5,7H2,1H3,(H,14,16)/t8-,9+,13-/m1/s1. The summed E-state index contributed by atoms with van der Waals surface area (Å²) in [5.41, 5.74) is 0.949. The van der Waals surface area contributed by atoms with Crippen molar-refractivity contribution in [3.05, 3.63) is 11.8 Å². The van der Waals surface area contributed by atoms with Crippen molar-refractivity contribution >= 4 is 11.7 Å². The van der Waals surface area contributed by atoms with Crippen molar-refractivity contribution in [3.63, 3.8) is 0 Å². The predicted molar refractivity (Wildman–Crippen MR) is 59.4 cm³/mol. The summed E-state index contributed by atoms with van der Waals surface area (Å²) in [5.74, 6) is 1.43. The molecule has 0 aromatic carbocycles. The number of piperidine rings is 1. The zero-order chi connectivity index (χ0) is 11.3. The maximum Gasteiger partial charge on any atom is 0.224 e. The smallest absolute Gasteiger partial charge is 0.224 e. The first kappa shape index (κ1) is 10.1. The summed E-state index contributed by atoms with van der Waals surface area (Å²) in [7, 11) is 0. The predicted octanol–water partition coefficient (Wildman–Crippen LogP) is 1.79. The van der Waals surface area contributed by atoms with Gasteiger partial charge in [0, 0.05) is 29.9 Å². The quantitative estimate of drug-likeness (QED) is 0.675. The molecule has 86 valence electrons. The van der Waals surface area contributed by atoms with Gasteiger partial charge in [0.2, 0.25) is 5.91 Å². The molecular formula is C13H17NO2. The molecule has 0 bridgehead atoms. The fourth-order valence-electron chi connectivity index (χ4n) is 3.71. The first-order valence-corrected chi connectivity index (χ1v) is 6.14. The fraction of sp³-hybridized carbons (Fsp3) is 0.692. The first-order valence-electron chi connectivity index (χ1n) is 6.14. The van der Waals surface area contributed by atoms with E-state index in [2.05, 4.69) is 18.3 Å². The third kappa shape index (κ3) is 1.20. The highest BCUT2D eigenvalue weighted by Gasteiger charge is 2.52. The van der Waals surface area contributed by atoms with E-state index in [0.29, 0.717) is 24.0 Å². The van der Waals surface area contributed by atoms with Crippen molar-refractivity contribution in [2.75, 3.05) is 0 Å². The molecule has 1 amide bonds. The van der Waals surface area contributed by atoms with Crippen LogP contribution in [0.1, 0.15) is 39.0 Å². The zero-order valence-electron chi connectivity index (χ0n) is 9.58. The summed E-state index contributed by atoms with van der Waals surface area (Å²) in [6, 6.07) is 0. The Labute approximate surface area is 95.3 Å². The molecule has 3 atom stereocenters. The largest absolute Gasteiger partial charge is 0.330 e. The monoisotopic (exact) mass is 219 g/mol. The van der Waals surface area contributed by atoms with E-state index in [1.54, 1.807) is 0 Å². The highest BCUT2D eigenvalue weighted by atomic mass is 16.1. The van der Waals surface area contributed by atoms with Gasteiger partial charge in [0.05, 0.1) is 0 Å². The molecule has 0 aromatic rings. The molecule has 3 rings (SSSR count). The van der Waals surface area contributed by atoms with Crippen LogP contribution in [-0.4, -0.2) is 11.7 Å². The average molecular weight is 219 g/mol. The minimum absolute atomic E-state index is 0.135. The van der Waals surface area contributed by atoms with Gasteiger partial charge in [0.15, 0.2) is 0 Å². The van der Waals surface area contributed by atoms with Gasteiger partial charge in [-0.15, -0.1) is 0 Å². The third-order valence-electron chi connectivity index (χ3n) is 4.74. The van der Waals surface area contributed by atoms with Crippen LogP contribution in [0.2, 0.25) is 0 Å². The van der Waals surface area contributed by atoms with Gasteiger partial charge < -0.3 is 5.32 Å². The summed E-state index contributed by atoms with van der Waals surface area (Å²) >= 11 is 0. The number of ketones is 1. The Morgan fingerprint density at radius 1 is 1.31 bits per heavy atom. The number of carbonyl (C=O) groups is 2. The van der Waals surface area contributed by atoms with Crippen molar-refractivity contribution in [3.8, 4) is 0 Å². The summed E-state index contributed by atoms with van der Waals surface area (Å²) in [6.07, 6.45) is 6.16. The molecule has 3 heteroatoms. The van der Waals surface area contributed by atoms with Gasteiger partial charge in [-0.25, -0.2) is 0 Å². The van der Waals surface area contributed by atoms with Crippen LogP contribution in [0.15, 0.2) is 11.8 Å². The molecule has 1 N–H and O–H groups in total. The van der Waals surface area contributed by atoms with Crippen LogP contribution in [0.4, 0.5) is 0 Å². The summed E-state index contributed by atoms with van der Waals surface area (Å²) < 4.78 is 0. The lowest BCUT2D eigenvalue weighted by atomic mass is 9.64. The molecule has 0 aromatic heterocycles. The topological polar surface area (TPSA) is 46.2 Å². The molecule has 1 saturated heterocycles. The molecule has 1 heterocycles. The zero-order valence-corrected chi connectivity index (χ0v) is 9.58. The lowest BCUT2D eigenvalue weighted by Crippen LogP contribution is -2.44. The van der Waals surface area contributed by atoms with Crippen LogP contribution in [0.25, 0.3) is 0 Å². The van der Waals surface area contributed by atoms with Gasteiger partial charge in [0.25, 0.3) is 0 Å². The summed E-state index contributed by atoms with van der Waals surface area (Å²) in [4.78, 5) is 23.3. The highest BCUT2D eigenvalue weighted by Crippen LogP contribution is 2.53. The van der Waals surface area contributed by atoms with Crippen molar-refractivity contribution in [1.82, 2.24) is 5.32 Å². The Balaban J connectivity index is 1.96. The van der Waals surface area contributed by atoms with E-state index in [-0.39, 0.29) is 11.3 Å². The first-order chi connectivity index (χ1) is 7.61. The second kappa shape index (κ2) is 3.19. The van der Waals surface area contributed by atoms with Crippen LogP contribution in [0.5, 0.6) is 0 Å². The SMILES string of the molecule is C[C@@]12CC=C3NC(=O)CC[C@@H]3[C@@H]1CCC2=O. The van der Waals surface area contributed by atoms with E-state index >= 15 is 0 Å². The number of rotatable bonds is 0. The molecule has 2 aliphatic carbocycles. The van der Waals surface area contributed by atoms with Crippen LogP contribution in [-0.2, 0) is 9.59 Å². The Morgan fingerprint density at radius 2 is 2.12 bits per heavy atom. The number of amides is 1. The van der Waals surface area contributed by atoms with E-state index in [0.717, 1.165) is 31.4 Å². The van der Waals surface area contributed by atoms with Gasteiger partial charge in [-0.05, 0) is 25.2 Å². The van der Waals surface area contributed by atoms with Crippen molar-refractivity contribution in [2.45, 2.75) is 39.0 Å². The molecule has 3 aliphatic rings. The number of allylic oxidation sites excluding steroid dienone is 2. The van der Waals surface area contributed by atoms with Crippen LogP contribution in [0.3, 0.4) is 0 Å². The van der Waals surface area contributed by atoms with E-state index in [9.17, 15) is 9.59 Å². The normalized spacial score (nSPS) is 42.2. The van der Waals surface area contributed by atoms with Crippen molar-refractivity contribution in [1.29, 1.82) is 0 Å².